The molecule has 0 saturated carbocycles. The van der Waals surface area contributed by atoms with Crippen molar-refractivity contribution in [3.63, 3.8) is 0 Å². The van der Waals surface area contributed by atoms with Gasteiger partial charge in [0.1, 0.15) is 12.1 Å². The first-order valence-corrected chi connectivity index (χ1v) is 8.50. The Morgan fingerprint density at radius 1 is 1.20 bits per heavy atom. The van der Waals surface area contributed by atoms with E-state index in [-0.39, 0.29) is 24.5 Å². The number of piperidine rings is 1. The third-order valence-electron chi connectivity index (χ3n) is 4.95. The van der Waals surface area contributed by atoms with Crippen LogP contribution in [-0.4, -0.2) is 66.5 Å². The molecule has 0 bridgehead atoms. The van der Waals surface area contributed by atoms with E-state index < -0.39 is 5.54 Å². The molecule has 1 aromatic rings. The number of nitrogens with zero attached hydrogens (tertiary/aromatic N) is 2. The van der Waals surface area contributed by atoms with Crippen LogP contribution >= 0.6 is 0 Å². The number of imide groups is 1. The normalized spacial score (nSPS) is 19.4. The second-order valence-corrected chi connectivity index (χ2v) is 6.52. The van der Waals surface area contributed by atoms with Crippen molar-refractivity contribution in [2.24, 2.45) is 0 Å². The second kappa shape index (κ2) is 7.23. The van der Waals surface area contributed by atoms with Crippen molar-refractivity contribution in [2.45, 2.75) is 24.8 Å². The Balaban J connectivity index is 1.60. The Hall–Kier alpha value is -2.41. The zero-order valence-electron chi connectivity index (χ0n) is 14.4. The van der Waals surface area contributed by atoms with Gasteiger partial charge in [-0.05, 0) is 24.8 Å². The predicted octanol–water partition coefficient (Wildman–Crippen LogP) is 0.789. The number of methoxy groups -OCH3 is 1. The fourth-order valence-electron chi connectivity index (χ4n) is 3.46. The molecule has 2 heterocycles. The van der Waals surface area contributed by atoms with Gasteiger partial charge >= 0.3 is 6.03 Å². The molecule has 1 spiro atoms. The molecule has 2 fully saturated rings. The van der Waals surface area contributed by atoms with Crippen molar-refractivity contribution < 1.29 is 19.1 Å². The molecule has 1 aromatic carbocycles. The van der Waals surface area contributed by atoms with E-state index >= 15 is 0 Å². The highest BCUT2D eigenvalue weighted by atomic mass is 16.5. The number of rotatable bonds is 5. The Morgan fingerprint density at radius 3 is 2.52 bits per heavy atom. The highest BCUT2D eigenvalue weighted by molar-refractivity contribution is 6.07. The quantitative estimate of drug-likeness (QED) is 0.800. The minimum Gasteiger partial charge on any atom is -0.375 e. The van der Waals surface area contributed by atoms with E-state index in [0.717, 1.165) is 5.56 Å². The number of carbonyl (C=O) groups is 3. The van der Waals surface area contributed by atoms with Gasteiger partial charge in [0, 0.05) is 26.7 Å². The molecule has 134 valence electrons. The lowest BCUT2D eigenvalue weighted by Gasteiger charge is -2.37. The molecule has 25 heavy (non-hydrogen) atoms. The zero-order valence-corrected chi connectivity index (χ0v) is 14.4. The van der Waals surface area contributed by atoms with Gasteiger partial charge in [-0.2, -0.15) is 0 Å². The number of likely N-dealkylation sites (tertiary alicyclic amines) is 1. The second-order valence-electron chi connectivity index (χ2n) is 6.52. The molecule has 3 rings (SSSR count). The number of hydrogen-bond acceptors (Lipinski definition) is 4. The number of nitrogens with one attached hydrogen (secondary N) is 1. The van der Waals surface area contributed by atoms with E-state index in [1.807, 2.05) is 30.3 Å². The number of benzene rings is 1. The number of hydrogen-bond donors (Lipinski definition) is 1. The van der Waals surface area contributed by atoms with Crippen LogP contribution in [0, 0.1) is 0 Å². The van der Waals surface area contributed by atoms with Gasteiger partial charge in [-0.15, -0.1) is 0 Å². The van der Waals surface area contributed by atoms with Gasteiger partial charge in [-0.1, -0.05) is 30.3 Å². The van der Waals surface area contributed by atoms with Crippen LogP contribution < -0.4 is 5.32 Å². The Morgan fingerprint density at radius 2 is 1.88 bits per heavy atom. The third kappa shape index (κ3) is 3.51. The molecule has 2 saturated heterocycles. The topological polar surface area (TPSA) is 79.0 Å². The summed E-state index contributed by atoms with van der Waals surface area (Å²) < 4.78 is 4.87. The van der Waals surface area contributed by atoms with E-state index in [1.54, 1.807) is 4.90 Å². The summed E-state index contributed by atoms with van der Waals surface area (Å²) in [6, 6.07) is 9.44. The molecular weight excluding hydrogens is 322 g/mol. The van der Waals surface area contributed by atoms with E-state index in [2.05, 4.69) is 5.32 Å². The third-order valence-corrected chi connectivity index (χ3v) is 4.95. The first kappa shape index (κ1) is 17.4. The van der Waals surface area contributed by atoms with E-state index in [1.165, 1.54) is 12.0 Å². The molecule has 2 aliphatic rings. The van der Waals surface area contributed by atoms with E-state index in [0.29, 0.717) is 38.9 Å². The van der Waals surface area contributed by atoms with Crippen LogP contribution in [0.25, 0.3) is 0 Å². The average molecular weight is 345 g/mol. The molecular formula is C18H23N3O4. The summed E-state index contributed by atoms with van der Waals surface area (Å²) >= 11 is 0. The zero-order chi connectivity index (χ0) is 17.9. The van der Waals surface area contributed by atoms with Crippen molar-refractivity contribution in [1.82, 2.24) is 15.1 Å². The molecule has 0 aliphatic carbocycles. The predicted molar refractivity (Wildman–Crippen MR) is 90.8 cm³/mol. The summed E-state index contributed by atoms with van der Waals surface area (Å²) in [5.41, 5.74) is 0.224. The molecule has 0 radical (unpaired) electrons. The van der Waals surface area contributed by atoms with Gasteiger partial charge in [-0.25, -0.2) is 4.79 Å². The van der Waals surface area contributed by atoms with Crippen LogP contribution in [-0.2, 0) is 20.7 Å². The summed E-state index contributed by atoms with van der Waals surface area (Å²) in [6.45, 7) is 1.29. The highest BCUT2D eigenvalue weighted by Gasteiger charge is 2.52. The summed E-state index contributed by atoms with van der Waals surface area (Å²) in [4.78, 5) is 40.0. The molecule has 4 amide bonds. The van der Waals surface area contributed by atoms with Crippen molar-refractivity contribution in [3.8, 4) is 0 Å². The van der Waals surface area contributed by atoms with Gasteiger partial charge in [0.05, 0.1) is 0 Å². The number of amides is 4. The van der Waals surface area contributed by atoms with Crippen molar-refractivity contribution in [2.75, 3.05) is 33.4 Å². The number of urea groups is 1. The Labute approximate surface area is 146 Å². The van der Waals surface area contributed by atoms with Crippen LogP contribution in [0.15, 0.2) is 30.3 Å². The molecule has 7 nitrogen and oxygen atoms in total. The van der Waals surface area contributed by atoms with Gasteiger partial charge in [0.25, 0.3) is 5.91 Å². The smallest absolute Gasteiger partial charge is 0.325 e. The maximum atomic E-state index is 12.8. The van der Waals surface area contributed by atoms with Crippen LogP contribution in [0.4, 0.5) is 4.79 Å². The van der Waals surface area contributed by atoms with Crippen molar-refractivity contribution in [1.29, 1.82) is 0 Å². The molecule has 0 unspecified atom stereocenters. The Bertz CT molecular complexity index is 654. The van der Waals surface area contributed by atoms with Gasteiger partial charge < -0.3 is 15.0 Å². The summed E-state index contributed by atoms with van der Waals surface area (Å²) in [7, 11) is 1.48. The van der Waals surface area contributed by atoms with Crippen LogP contribution in [0.1, 0.15) is 18.4 Å². The summed E-state index contributed by atoms with van der Waals surface area (Å²) in [5, 5.41) is 2.87. The average Bonchev–Trinajstić information content (AvgIpc) is 2.85. The van der Waals surface area contributed by atoms with Gasteiger partial charge in [0.15, 0.2) is 0 Å². The minimum atomic E-state index is -0.863. The number of ether oxygens (including phenoxy) is 1. The summed E-state index contributed by atoms with van der Waals surface area (Å²) in [5.74, 6) is -0.262. The monoisotopic (exact) mass is 345 g/mol. The largest absolute Gasteiger partial charge is 0.375 e. The lowest BCUT2D eigenvalue weighted by atomic mass is 9.87. The fourth-order valence-corrected chi connectivity index (χ4v) is 3.46. The van der Waals surface area contributed by atoms with Gasteiger partial charge in [-0.3, -0.25) is 14.5 Å². The van der Waals surface area contributed by atoms with Gasteiger partial charge in [0.2, 0.25) is 5.91 Å². The maximum absolute atomic E-state index is 12.8. The lowest BCUT2D eigenvalue weighted by molar-refractivity contribution is -0.140. The first-order valence-electron chi connectivity index (χ1n) is 8.50. The molecule has 0 atom stereocenters. The standard InChI is InChI=1S/C18H23N3O4/c1-25-13-15(22)20-11-8-18(9-12-20)16(23)21(17(24)19-18)10-7-14-5-3-2-4-6-14/h2-6H,7-13H2,1H3,(H,19,24). The van der Waals surface area contributed by atoms with Crippen molar-refractivity contribution >= 4 is 17.8 Å². The minimum absolute atomic E-state index is 0.0382. The fraction of sp³-hybridized carbons (Fsp3) is 0.500. The summed E-state index contributed by atoms with van der Waals surface area (Å²) in [6.07, 6.45) is 1.51. The van der Waals surface area contributed by atoms with Crippen LogP contribution in [0.5, 0.6) is 0 Å². The van der Waals surface area contributed by atoms with Crippen molar-refractivity contribution in [3.05, 3.63) is 35.9 Å². The first-order chi connectivity index (χ1) is 12.1. The van der Waals surface area contributed by atoms with E-state index in [9.17, 15) is 14.4 Å². The molecule has 1 N–H and O–H groups in total. The Kier molecular flexibility index (Phi) is 5.03. The molecule has 0 aromatic heterocycles. The lowest BCUT2D eigenvalue weighted by Crippen LogP contribution is -2.56. The highest BCUT2D eigenvalue weighted by Crippen LogP contribution is 2.29. The van der Waals surface area contributed by atoms with E-state index in [4.69, 9.17) is 4.74 Å². The van der Waals surface area contributed by atoms with Crippen LogP contribution in [0.3, 0.4) is 0 Å². The van der Waals surface area contributed by atoms with Crippen LogP contribution in [0.2, 0.25) is 0 Å². The number of carbonyl (C=O) groups excluding carboxylic acids is 3. The molecule has 2 aliphatic heterocycles. The molecule has 7 heteroatoms. The maximum Gasteiger partial charge on any atom is 0.325 e. The SMILES string of the molecule is COCC(=O)N1CCC2(CC1)NC(=O)N(CCc1ccccc1)C2=O.